The number of hydrogen-bond acceptors (Lipinski definition) is 5. The minimum atomic E-state index is -1.10. The fourth-order valence-corrected chi connectivity index (χ4v) is 2.72. The van der Waals surface area contributed by atoms with Crippen molar-refractivity contribution in [2.75, 3.05) is 27.9 Å². The van der Waals surface area contributed by atoms with Crippen LogP contribution in [-0.2, 0) is 18.9 Å². The highest BCUT2D eigenvalue weighted by Crippen LogP contribution is 2.35. The van der Waals surface area contributed by atoms with Gasteiger partial charge in [-0.05, 0) is 42.3 Å². The van der Waals surface area contributed by atoms with Crippen LogP contribution in [0, 0.1) is 0 Å². The monoisotopic (exact) mass is 332 g/mol. The van der Waals surface area contributed by atoms with Crippen LogP contribution in [0.5, 0.6) is 5.75 Å². The van der Waals surface area contributed by atoms with Gasteiger partial charge >= 0.3 is 0 Å². The highest BCUT2D eigenvalue weighted by atomic mass is 16.7. The Hall–Kier alpha value is -2.08. The summed E-state index contributed by atoms with van der Waals surface area (Å²) in [5.41, 5.74) is 1.79. The van der Waals surface area contributed by atoms with Crippen LogP contribution in [0.3, 0.4) is 0 Å². The number of hydrogen-bond donors (Lipinski definition) is 1. The van der Waals surface area contributed by atoms with Crippen molar-refractivity contribution in [2.24, 2.45) is 0 Å². The van der Waals surface area contributed by atoms with Gasteiger partial charge in [0.1, 0.15) is 11.9 Å². The van der Waals surface area contributed by atoms with E-state index in [9.17, 15) is 5.11 Å². The van der Waals surface area contributed by atoms with E-state index in [1.54, 1.807) is 39.5 Å². The highest BCUT2D eigenvalue weighted by Gasteiger charge is 2.47. The van der Waals surface area contributed by atoms with Crippen LogP contribution in [-0.4, -0.2) is 44.9 Å². The zero-order chi connectivity index (χ0) is 17.6. The number of ether oxygens (including phenoxy) is 4. The predicted octanol–water partition coefficient (Wildman–Crippen LogP) is 3.27. The molecule has 0 aromatic heterocycles. The van der Waals surface area contributed by atoms with Crippen LogP contribution >= 0.6 is 0 Å². The first-order valence-electron chi connectivity index (χ1n) is 7.76. The molecule has 0 heterocycles. The van der Waals surface area contributed by atoms with Crippen molar-refractivity contribution >= 4 is 6.08 Å². The number of aromatic hydroxyl groups is 1. The Kier molecular flexibility index (Phi) is 6.20. The lowest BCUT2D eigenvalue weighted by molar-refractivity contribution is -0.257. The summed E-state index contributed by atoms with van der Waals surface area (Å²) in [5.74, 6) is -0.329. The summed E-state index contributed by atoms with van der Waals surface area (Å²) >= 11 is 0. The van der Waals surface area contributed by atoms with Crippen molar-refractivity contribution in [1.82, 2.24) is 0 Å². The molecule has 0 aliphatic heterocycles. The fraction of sp³-hybridized carbons (Fsp3) is 0.368. The van der Waals surface area contributed by atoms with Crippen LogP contribution in [0.25, 0.3) is 6.08 Å². The molecule has 5 nitrogen and oxygen atoms in total. The van der Waals surface area contributed by atoms with E-state index in [1.807, 2.05) is 37.3 Å². The van der Waals surface area contributed by atoms with Crippen molar-refractivity contribution in [2.45, 2.75) is 18.8 Å². The number of methoxy groups -OCH3 is 3. The third kappa shape index (κ3) is 3.70. The van der Waals surface area contributed by atoms with Gasteiger partial charge in [-0.2, -0.15) is 0 Å². The largest absolute Gasteiger partial charge is 0.508 e. The fourth-order valence-electron chi connectivity index (χ4n) is 2.72. The lowest BCUT2D eigenvalue weighted by Gasteiger charge is -2.39. The van der Waals surface area contributed by atoms with Crippen LogP contribution in [0.1, 0.15) is 12.5 Å². The van der Waals surface area contributed by atoms with Gasteiger partial charge in [0.25, 0.3) is 5.79 Å². The number of allylic oxidation sites excluding steroid dienone is 3. The van der Waals surface area contributed by atoms with E-state index < -0.39 is 11.9 Å². The molecule has 2 atom stereocenters. The summed E-state index contributed by atoms with van der Waals surface area (Å²) in [6.07, 6.45) is 7.15. The van der Waals surface area contributed by atoms with E-state index in [1.165, 1.54) is 0 Å². The number of rotatable bonds is 7. The normalized spacial score (nSPS) is 23.9. The van der Waals surface area contributed by atoms with E-state index in [4.69, 9.17) is 18.9 Å². The van der Waals surface area contributed by atoms with Gasteiger partial charge < -0.3 is 24.1 Å². The average molecular weight is 332 g/mol. The van der Waals surface area contributed by atoms with Gasteiger partial charge in [0.15, 0.2) is 5.76 Å². The Morgan fingerprint density at radius 3 is 2.58 bits per heavy atom. The number of benzene rings is 1. The third-order valence-electron chi connectivity index (χ3n) is 3.83. The van der Waals surface area contributed by atoms with Crippen molar-refractivity contribution in [3.63, 3.8) is 0 Å². The van der Waals surface area contributed by atoms with E-state index in [-0.39, 0.29) is 5.75 Å². The first-order chi connectivity index (χ1) is 11.6. The van der Waals surface area contributed by atoms with Gasteiger partial charge in [-0.1, -0.05) is 24.3 Å². The minimum absolute atomic E-state index is 0.229. The Morgan fingerprint density at radius 1 is 1.21 bits per heavy atom. The van der Waals surface area contributed by atoms with Gasteiger partial charge in [0.05, 0.1) is 7.11 Å². The van der Waals surface area contributed by atoms with E-state index in [0.29, 0.717) is 12.4 Å². The molecule has 2 rings (SSSR count). The summed E-state index contributed by atoms with van der Waals surface area (Å²) < 4.78 is 22.5. The Bertz CT molecular complexity index is 647. The van der Waals surface area contributed by atoms with Crippen molar-refractivity contribution < 1.29 is 24.1 Å². The van der Waals surface area contributed by atoms with Gasteiger partial charge in [-0.3, -0.25) is 0 Å². The standard InChI is InChI=1S/C19H24O5/c1-5-24-19(23-4)17(21-2)12-15(13-18(19)22-3)10-9-14-7-6-8-16(20)11-14/h6-13,17,20H,5H2,1-4H3/b10-9-. The third-order valence-corrected chi connectivity index (χ3v) is 3.83. The van der Waals surface area contributed by atoms with Crippen molar-refractivity contribution in [3.8, 4) is 5.75 Å². The molecule has 0 radical (unpaired) electrons. The number of phenols is 1. The Morgan fingerprint density at radius 2 is 2.00 bits per heavy atom. The van der Waals surface area contributed by atoms with E-state index in [0.717, 1.165) is 11.1 Å². The second kappa shape index (κ2) is 8.15. The summed E-state index contributed by atoms with van der Waals surface area (Å²) in [5, 5.41) is 9.54. The molecule has 24 heavy (non-hydrogen) atoms. The molecule has 1 N–H and O–H groups in total. The zero-order valence-electron chi connectivity index (χ0n) is 14.5. The topological polar surface area (TPSA) is 57.2 Å². The number of phenolic OH excluding ortho intramolecular Hbond substituents is 1. The maximum atomic E-state index is 9.54. The first-order valence-corrected chi connectivity index (χ1v) is 7.76. The van der Waals surface area contributed by atoms with E-state index in [2.05, 4.69) is 0 Å². The second-order valence-electron chi connectivity index (χ2n) is 5.27. The molecule has 0 saturated heterocycles. The molecule has 1 aromatic carbocycles. The zero-order valence-corrected chi connectivity index (χ0v) is 14.5. The molecule has 1 aromatic rings. The lowest BCUT2D eigenvalue weighted by atomic mass is 9.95. The average Bonchev–Trinajstić information content (AvgIpc) is 2.60. The van der Waals surface area contributed by atoms with E-state index >= 15 is 0 Å². The molecule has 2 unspecified atom stereocenters. The van der Waals surface area contributed by atoms with Crippen LogP contribution in [0.15, 0.2) is 53.8 Å². The Balaban J connectivity index is 2.33. The van der Waals surface area contributed by atoms with Crippen LogP contribution in [0.4, 0.5) is 0 Å². The predicted molar refractivity (Wildman–Crippen MR) is 92.5 cm³/mol. The SMILES string of the molecule is CCOC1(OC)C(OC)=CC(/C=C\c2cccc(O)c2)=CC1OC. The summed E-state index contributed by atoms with van der Waals surface area (Å²) in [6.45, 7) is 2.35. The van der Waals surface area contributed by atoms with Crippen LogP contribution in [0.2, 0.25) is 0 Å². The van der Waals surface area contributed by atoms with Crippen molar-refractivity contribution in [1.29, 1.82) is 0 Å². The first kappa shape index (κ1) is 18.3. The molecule has 0 fully saturated rings. The quantitative estimate of drug-likeness (QED) is 0.777. The molecule has 130 valence electrons. The molecule has 0 saturated carbocycles. The smallest absolute Gasteiger partial charge is 0.258 e. The summed E-state index contributed by atoms with van der Waals surface area (Å²) in [4.78, 5) is 0. The Labute approximate surface area is 142 Å². The summed E-state index contributed by atoms with van der Waals surface area (Å²) in [7, 11) is 4.74. The molecular weight excluding hydrogens is 308 g/mol. The second-order valence-corrected chi connectivity index (χ2v) is 5.27. The van der Waals surface area contributed by atoms with Crippen LogP contribution < -0.4 is 0 Å². The van der Waals surface area contributed by atoms with Crippen molar-refractivity contribution in [3.05, 3.63) is 59.4 Å². The maximum absolute atomic E-state index is 9.54. The molecule has 1 aliphatic rings. The molecule has 5 heteroatoms. The van der Waals surface area contributed by atoms with Gasteiger partial charge in [-0.25, -0.2) is 0 Å². The molecule has 1 aliphatic carbocycles. The van der Waals surface area contributed by atoms with Gasteiger partial charge in [0, 0.05) is 20.8 Å². The van der Waals surface area contributed by atoms with Gasteiger partial charge in [0.2, 0.25) is 0 Å². The lowest BCUT2D eigenvalue weighted by Crippen LogP contribution is -2.50. The highest BCUT2D eigenvalue weighted by molar-refractivity contribution is 5.57. The molecule has 0 spiro atoms. The molecule has 0 amide bonds. The van der Waals surface area contributed by atoms with Gasteiger partial charge in [-0.15, -0.1) is 0 Å². The molecule has 0 bridgehead atoms. The summed E-state index contributed by atoms with van der Waals surface area (Å²) in [6, 6.07) is 7.03. The minimum Gasteiger partial charge on any atom is -0.508 e. The molecular formula is C19H24O5. The maximum Gasteiger partial charge on any atom is 0.258 e.